The van der Waals surface area contributed by atoms with Crippen molar-refractivity contribution in [2.24, 2.45) is 4.99 Å². The highest BCUT2D eigenvalue weighted by Crippen LogP contribution is 2.32. The zero-order valence-corrected chi connectivity index (χ0v) is 19.5. The first-order valence-electron chi connectivity index (χ1n) is 10.8. The summed E-state index contributed by atoms with van der Waals surface area (Å²) in [6, 6.07) is 20.4. The van der Waals surface area contributed by atoms with Gasteiger partial charge in [-0.3, -0.25) is 0 Å². The molecule has 0 atom stereocenters. The SMILES string of the molecule is C=C(/C=C\N=C(C)Nc1ccc(OC)c(C)c1)c1c(-c2cccc(C)c2)nn2ccccc12. The number of amidine groups is 1. The minimum Gasteiger partial charge on any atom is -0.496 e. The molecule has 0 fully saturated rings. The van der Waals surface area contributed by atoms with Crippen LogP contribution in [0.4, 0.5) is 5.69 Å². The summed E-state index contributed by atoms with van der Waals surface area (Å²) in [6.07, 6.45) is 5.65. The molecule has 0 aliphatic carbocycles. The fourth-order valence-corrected chi connectivity index (χ4v) is 3.83. The van der Waals surface area contributed by atoms with Crippen molar-refractivity contribution >= 4 is 22.6 Å². The number of hydrogen-bond acceptors (Lipinski definition) is 3. The summed E-state index contributed by atoms with van der Waals surface area (Å²) in [5, 5.41) is 8.14. The number of aliphatic imine (C=N–C) groups is 1. The molecule has 166 valence electrons. The maximum absolute atomic E-state index is 5.32. The Labute approximate surface area is 194 Å². The maximum atomic E-state index is 5.32. The Hall–Kier alpha value is -4.12. The first kappa shape index (κ1) is 22.1. The zero-order valence-electron chi connectivity index (χ0n) is 19.5. The Morgan fingerprint density at radius 3 is 2.70 bits per heavy atom. The van der Waals surface area contributed by atoms with E-state index in [1.54, 1.807) is 13.3 Å². The lowest BCUT2D eigenvalue weighted by molar-refractivity contribution is 0.412. The second-order valence-corrected chi connectivity index (χ2v) is 7.99. The van der Waals surface area contributed by atoms with Crippen molar-refractivity contribution in [2.75, 3.05) is 12.4 Å². The molecule has 0 aliphatic heterocycles. The first-order valence-corrected chi connectivity index (χ1v) is 10.8. The van der Waals surface area contributed by atoms with Crippen LogP contribution < -0.4 is 10.1 Å². The van der Waals surface area contributed by atoms with Gasteiger partial charge in [0.15, 0.2) is 0 Å². The molecular weight excluding hydrogens is 408 g/mol. The second kappa shape index (κ2) is 9.57. The van der Waals surface area contributed by atoms with Crippen molar-refractivity contribution in [3.63, 3.8) is 0 Å². The number of nitrogens with one attached hydrogen (secondary N) is 1. The largest absolute Gasteiger partial charge is 0.496 e. The molecule has 2 aromatic heterocycles. The molecule has 5 nitrogen and oxygen atoms in total. The zero-order chi connectivity index (χ0) is 23.4. The van der Waals surface area contributed by atoms with Crippen LogP contribution >= 0.6 is 0 Å². The molecule has 0 amide bonds. The van der Waals surface area contributed by atoms with Gasteiger partial charge in [0.1, 0.15) is 17.3 Å². The third-order valence-corrected chi connectivity index (χ3v) is 5.42. The van der Waals surface area contributed by atoms with Crippen LogP contribution in [0.2, 0.25) is 0 Å². The van der Waals surface area contributed by atoms with E-state index >= 15 is 0 Å². The van der Waals surface area contributed by atoms with Gasteiger partial charge in [0.25, 0.3) is 0 Å². The van der Waals surface area contributed by atoms with Crippen LogP contribution in [0.5, 0.6) is 5.75 Å². The van der Waals surface area contributed by atoms with Gasteiger partial charge in [-0.15, -0.1) is 0 Å². The highest BCUT2D eigenvalue weighted by molar-refractivity contribution is 5.95. The van der Waals surface area contributed by atoms with Crippen LogP contribution in [0.15, 0.2) is 90.7 Å². The number of ether oxygens (including phenoxy) is 1. The van der Waals surface area contributed by atoms with Crippen molar-refractivity contribution in [1.29, 1.82) is 0 Å². The molecule has 0 saturated carbocycles. The molecule has 33 heavy (non-hydrogen) atoms. The minimum absolute atomic E-state index is 0.780. The topological polar surface area (TPSA) is 50.9 Å². The average Bonchev–Trinajstić information content (AvgIpc) is 3.19. The van der Waals surface area contributed by atoms with Crippen molar-refractivity contribution in [3.8, 4) is 17.0 Å². The number of nitrogens with zero attached hydrogens (tertiary/aromatic N) is 3. The van der Waals surface area contributed by atoms with Gasteiger partial charge in [0.2, 0.25) is 0 Å². The van der Waals surface area contributed by atoms with Gasteiger partial charge >= 0.3 is 0 Å². The number of fused-ring (bicyclic) bond motifs is 1. The second-order valence-electron chi connectivity index (χ2n) is 7.99. The van der Waals surface area contributed by atoms with Gasteiger partial charge in [0, 0.05) is 29.2 Å². The molecule has 0 bridgehead atoms. The molecule has 1 N–H and O–H groups in total. The minimum atomic E-state index is 0.780. The Morgan fingerprint density at radius 1 is 1.09 bits per heavy atom. The molecule has 0 saturated heterocycles. The van der Waals surface area contributed by atoms with Crippen LogP contribution in [-0.2, 0) is 0 Å². The number of aromatic nitrogens is 2. The van der Waals surface area contributed by atoms with Crippen LogP contribution in [0.3, 0.4) is 0 Å². The maximum Gasteiger partial charge on any atom is 0.121 e. The first-order chi connectivity index (χ1) is 16.0. The van der Waals surface area contributed by atoms with E-state index in [1.165, 1.54) is 5.56 Å². The third-order valence-electron chi connectivity index (χ3n) is 5.42. The van der Waals surface area contributed by atoms with E-state index in [4.69, 9.17) is 9.84 Å². The Balaban J connectivity index is 1.60. The number of rotatable bonds is 6. The normalized spacial score (nSPS) is 11.8. The molecule has 0 radical (unpaired) electrons. The fourth-order valence-electron chi connectivity index (χ4n) is 3.83. The van der Waals surface area contributed by atoms with Gasteiger partial charge in [0.05, 0.1) is 12.6 Å². The van der Waals surface area contributed by atoms with Gasteiger partial charge < -0.3 is 10.1 Å². The van der Waals surface area contributed by atoms with Crippen LogP contribution in [0.25, 0.3) is 22.3 Å². The van der Waals surface area contributed by atoms with E-state index < -0.39 is 0 Å². The summed E-state index contributed by atoms with van der Waals surface area (Å²) in [5.41, 5.74) is 8.06. The molecule has 0 spiro atoms. The highest BCUT2D eigenvalue weighted by Gasteiger charge is 2.15. The number of benzene rings is 2. The predicted molar refractivity (Wildman–Crippen MR) is 138 cm³/mol. The van der Waals surface area contributed by atoms with Crippen molar-refractivity contribution < 1.29 is 4.74 Å². The molecule has 4 aromatic rings. The van der Waals surface area contributed by atoms with E-state index in [-0.39, 0.29) is 0 Å². The molecule has 2 heterocycles. The fraction of sp³-hybridized carbons (Fsp3) is 0.143. The van der Waals surface area contributed by atoms with Crippen molar-refractivity contribution in [1.82, 2.24) is 9.61 Å². The Kier molecular flexibility index (Phi) is 6.41. The lowest BCUT2D eigenvalue weighted by atomic mass is 9.99. The predicted octanol–water partition coefficient (Wildman–Crippen LogP) is 6.68. The number of methoxy groups -OCH3 is 1. The molecule has 4 rings (SSSR count). The van der Waals surface area contributed by atoms with Crippen LogP contribution in [0.1, 0.15) is 23.6 Å². The van der Waals surface area contributed by atoms with E-state index in [0.717, 1.165) is 50.7 Å². The molecule has 2 aromatic carbocycles. The lowest BCUT2D eigenvalue weighted by Crippen LogP contribution is -2.06. The summed E-state index contributed by atoms with van der Waals surface area (Å²) in [6.45, 7) is 10.4. The van der Waals surface area contributed by atoms with E-state index in [2.05, 4.69) is 54.1 Å². The summed E-state index contributed by atoms with van der Waals surface area (Å²) in [7, 11) is 1.67. The van der Waals surface area contributed by atoms with Crippen molar-refractivity contribution in [3.05, 3.63) is 102 Å². The number of pyridine rings is 1. The summed E-state index contributed by atoms with van der Waals surface area (Å²) in [5.74, 6) is 1.64. The summed E-state index contributed by atoms with van der Waals surface area (Å²) in [4.78, 5) is 4.54. The van der Waals surface area contributed by atoms with Gasteiger partial charge in [-0.1, -0.05) is 36.4 Å². The third kappa shape index (κ3) is 4.88. The molecule has 0 unspecified atom stereocenters. The number of anilines is 1. The van der Waals surface area contributed by atoms with E-state index in [9.17, 15) is 0 Å². The molecule has 0 aliphatic rings. The Morgan fingerprint density at radius 2 is 1.94 bits per heavy atom. The van der Waals surface area contributed by atoms with Gasteiger partial charge in [-0.2, -0.15) is 5.10 Å². The smallest absolute Gasteiger partial charge is 0.121 e. The Bertz CT molecular complexity index is 1380. The standard InChI is InChI=1S/C28H28N4O/c1-19-9-8-10-23(17-19)28-27(25-11-6-7-16-32(25)31-28)20(2)14-15-29-22(4)30-24-12-13-26(33-5)21(3)18-24/h6-18H,2H2,1,3-5H3,(H,29,30)/b15-14-. The number of aryl methyl sites for hydroxylation is 2. The van der Waals surface area contributed by atoms with E-state index in [1.807, 2.05) is 61.0 Å². The quantitative estimate of drug-likeness (QED) is 0.208. The molecular formula is C28H28N4O. The monoisotopic (exact) mass is 436 g/mol. The van der Waals surface area contributed by atoms with Crippen LogP contribution in [0, 0.1) is 13.8 Å². The lowest BCUT2D eigenvalue weighted by Gasteiger charge is -2.09. The van der Waals surface area contributed by atoms with Crippen LogP contribution in [-0.4, -0.2) is 22.6 Å². The van der Waals surface area contributed by atoms with Crippen molar-refractivity contribution in [2.45, 2.75) is 20.8 Å². The molecule has 5 heteroatoms. The number of hydrogen-bond donors (Lipinski definition) is 1. The van der Waals surface area contributed by atoms with Gasteiger partial charge in [-0.05, 0) is 74.4 Å². The van der Waals surface area contributed by atoms with Gasteiger partial charge in [-0.25, -0.2) is 9.51 Å². The summed E-state index contributed by atoms with van der Waals surface area (Å²) < 4.78 is 7.22. The highest BCUT2D eigenvalue weighted by atomic mass is 16.5. The number of allylic oxidation sites excluding steroid dienone is 2. The summed E-state index contributed by atoms with van der Waals surface area (Å²) >= 11 is 0. The average molecular weight is 437 g/mol. The van der Waals surface area contributed by atoms with E-state index in [0.29, 0.717) is 0 Å².